The van der Waals surface area contributed by atoms with E-state index in [1.54, 1.807) is 6.92 Å². The number of aliphatic hydroxyl groups is 1. The van der Waals surface area contributed by atoms with Gasteiger partial charge in [0, 0.05) is 30.8 Å². The van der Waals surface area contributed by atoms with E-state index in [2.05, 4.69) is 12.2 Å². The fourth-order valence-electron chi connectivity index (χ4n) is 1.94. The van der Waals surface area contributed by atoms with Crippen LogP contribution < -0.4 is 10.2 Å². The molecule has 3 nitrogen and oxygen atoms in total. The minimum Gasteiger partial charge on any atom is -0.392 e. The molecule has 1 aromatic carbocycles. The van der Waals surface area contributed by atoms with Gasteiger partial charge in [-0.3, -0.25) is 0 Å². The van der Waals surface area contributed by atoms with Crippen LogP contribution >= 0.6 is 11.6 Å². The molecule has 0 aromatic heterocycles. The van der Waals surface area contributed by atoms with Crippen molar-refractivity contribution in [3.63, 3.8) is 0 Å². The maximum Gasteiger partial charge on any atom is 0.0686 e. The van der Waals surface area contributed by atoms with Crippen molar-refractivity contribution in [3.05, 3.63) is 28.8 Å². The lowest BCUT2D eigenvalue weighted by molar-refractivity contribution is 0.201. The molecule has 1 rings (SSSR count). The zero-order valence-corrected chi connectivity index (χ0v) is 12.2. The fourth-order valence-corrected chi connectivity index (χ4v) is 2.10. The van der Waals surface area contributed by atoms with Gasteiger partial charge in [0.1, 0.15) is 0 Å². The number of hydrogen-bond donors (Lipinski definition) is 2. The summed E-state index contributed by atoms with van der Waals surface area (Å²) in [5, 5.41) is 13.6. The molecule has 2 N–H and O–H groups in total. The van der Waals surface area contributed by atoms with E-state index in [4.69, 9.17) is 11.6 Å². The van der Waals surface area contributed by atoms with Crippen molar-refractivity contribution < 1.29 is 5.11 Å². The number of anilines is 1. The molecule has 102 valence electrons. The number of nitrogens with one attached hydrogen (secondary N) is 1. The highest BCUT2D eigenvalue weighted by Crippen LogP contribution is 2.24. The molecule has 0 aliphatic rings. The van der Waals surface area contributed by atoms with Gasteiger partial charge in [-0.2, -0.15) is 0 Å². The lowest BCUT2D eigenvalue weighted by Gasteiger charge is -2.24. The van der Waals surface area contributed by atoms with Crippen LogP contribution in [0.25, 0.3) is 0 Å². The molecule has 1 unspecified atom stereocenters. The molecule has 0 bridgehead atoms. The van der Waals surface area contributed by atoms with E-state index >= 15 is 0 Å². The first-order valence-corrected chi connectivity index (χ1v) is 6.80. The van der Waals surface area contributed by atoms with E-state index in [1.807, 2.05) is 30.1 Å². The molecule has 0 saturated heterocycles. The Morgan fingerprint density at radius 1 is 1.44 bits per heavy atom. The molecule has 1 atom stereocenters. The zero-order chi connectivity index (χ0) is 13.5. The summed E-state index contributed by atoms with van der Waals surface area (Å²) in [5.74, 6) is 0. The highest BCUT2D eigenvalue weighted by atomic mass is 35.5. The summed E-state index contributed by atoms with van der Waals surface area (Å²) in [5.41, 5.74) is 2.28. The second kappa shape index (κ2) is 7.62. The van der Waals surface area contributed by atoms with Crippen LogP contribution in [0.2, 0.25) is 5.02 Å². The van der Waals surface area contributed by atoms with E-state index in [1.165, 1.54) is 5.56 Å². The second-order valence-electron chi connectivity index (χ2n) is 4.68. The molecule has 1 aromatic rings. The highest BCUT2D eigenvalue weighted by molar-refractivity contribution is 6.30. The number of benzene rings is 1. The van der Waals surface area contributed by atoms with Gasteiger partial charge in [0.25, 0.3) is 0 Å². The van der Waals surface area contributed by atoms with Gasteiger partial charge in [-0.1, -0.05) is 24.6 Å². The molecule has 0 aliphatic carbocycles. The minimum absolute atomic E-state index is 0.356. The van der Waals surface area contributed by atoms with Crippen LogP contribution in [0.4, 0.5) is 5.69 Å². The van der Waals surface area contributed by atoms with Crippen LogP contribution in [-0.2, 0) is 6.54 Å². The fraction of sp³-hybridized carbons (Fsp3) is 0.571. The van der Waals surface area contributed by atoms with Gasteiger partial charge in [0.15, 0.2) is 0 Å². The molecule has 18 heavy (non-hydrogen) atoms. The number of nitrogens with zero attached hydrogens (tertiary/aromatic N) is 1. The third-order valence-electron chi connectivity index (χ3n) is 2.74. The Bertz CT molecular complexity index is 369. The molecule has 0 amide bonds. The Kier molecular flexibility index (Phi) is 6.47. The average molecular weight is 271 g/mol. The molecular formula is C14H23ClN2O. The monoisotopic (exact) mass is 270 g/mol. The maximum absolute atomic E-state index is 9.47. The van der Waals surface area contributed by atoms with Gasteiger partial charge < -0.3 is 15.3 Å². The molecule has 4 heteroatoms. The van der Waals surface area contributed by atoms with Crippen LogP contribution in [0.15, 0.2) is 18.2 Å². The predicted molar refractivity (Wildman–Crippen MR) is 78.4 cm³/mol. The topological polar surface area (TPSA) is 35.5 Å². The first-order valence-electron chi connectivity index (χ1n) is 6.43. The summed E-state index contributed by atoms with van der Waals surface area (Å²) in [4.78, 5) is 2.04. The second-order valence-corrected chi connectivity index (χ2v) is 5.12. The normalized spacial score (nSPS) is 12.5. The summed E-state index contributed by atoms with van der Waals surface area (Å²) in [7, 11) is 1.97. The number of rotatable bonds is 7. The van der Waals surface area contributed by atoms with E-state index in [0.717, 1.165) is 30.2 Å². The lowest BCUT2D eigenvalue weighted by atomic mass is 10.1. The summed E-state index contributed by atoms with van der Waals surface area (Å²) in [6.45, 7) is 6.36. The van der Waals surface area contributed by atoms with Crippen LogP contribution in [0.3, 0.4) is 0 Å². The number of halogens is 1. The quantitative estimate of drug-likeness (QED) is 0.748. The Balaban J connectivity index is 2.81. The SMILES string of the molecule is CCCNCc1ccc(Cl)cc1N(C)CC(C)O. The molecule has 0 spiro atoms. The van der Waals surface area contributed by atoms with Crippen LogP contribution in [0.1, 0.15) is 25.8 Å². The summed E-state index contributed by atoms with van der Waals surface area (Å²) in [6, 6.07) is 5.90. The Morgan fingerprint density at radius 2 is 2.17 bits per heavy atom. The Hall–Kier alpha value is -0.770. The van der Waals surface area contributed by atoms with Crippen molar-refractivity contribution >= 4 is 17.3 Å². The molecule has 0 saturated carbocycles. The molecule has 0 aliphatic heterocycles. The van der Waals surface area contributed by atoms with Crippen LogP contribution in [0, 0.1) is 0 Å². The zero-order valence-electron chi connectivity index (χ0n) is 11.4. The van der Waals surface area contributed by atoms with Crippen LogP contribution in [-0.4, -0.2) is 31.3 Å². The van der Waals surface area contributed by atoms with Crippen LogP contribution in [0.5, 0.6) is 0 Å². The highest BCUT2D eigenvalue weighted by Gasteiger charge is 2.10. The van der Waals surface area contributed by atoms with Gasteiger partial charge in [-0.05, 0) is 37.6 Å². The Morgan fingerprint density at radius 3 is 2.78 bits per heavy atom. The average Bonchev–Trinajstić information content (AvgIpc) is 2.30. The van der Waals surface area contributed by atoms with E-state index < -0.39 is 0 Å². The first-order chi connectivity index (χ1) is 8.54. The number of likely N-dealkylation sites (N-methyl/N-ethyl adjacent to an activating group) is 1. The first kappa shape index (κ1) is 15.3. The van der Waals surface area contributed by atoms with Crippen molar-refractivity contribution in [2.24, 2.45) is 0 Å². The third-order valence-corrected chi connectivity index (χ3v) is 2.97. The third kappa shape index (κ3) is 4.84. The largest absolute Gasteiger partial charge is 0.392 e. The maximum atomic E-state index is 9.47. The minimum atomic E-state index is -0.356. The number of hydrogen-bond acceptors (Lipinski definition) is 3. The molecular weight excluding hydrogens is 248 g/mol. The van der Waals surface area contributed by atoms with Crippen molar-refractivity contribution in [2.75, 3.05) is 25.0 Å². The van der Waals surface area contributed by atoms with Crippen molar-refractivity contribution in [1.82, 2.24) is 5.32 Å². The van der Waals surface area contributed by atoms with E-state index in [9.17, 15) is 5.11 Å². The summed E-state index contributed by atoms with van der Waals surface area (Å²) >= 11 is 6.05. The summed E-state index contributed by atoms with van der Waals surface area (Å²) in [6.07, 6.45) is 0.761. The Labute approximate surface area is 115 Å². The van der Waals surface area contributed by atoms with Crippen molar-refractivity contribution in [2.45, 2.75) is 32.9 Å². The molecule has 0 heterocycles. The lowest BCUT2D eigenvalue weighted by Crippen LogP contribution is -2.28. The van der Waals surface area contributed by atoms with E-state index in [0.29, 0.717) is 6.54 Å². The van der Waals surface area contributed by atoms with Crippen molar-refractivity contribution in [1.29, 1.82) is 0 Å². The van der Waals surface area contributed by atoms with Gasteiger partial charge in [0.05, 0.1) is 6.10 Å². The predicted octanol–water partition coefficient (Wildman–Crippen LogP) is 2.66. The summed E-state index contributed by atoms with van der Waals surface area (Å²) < 4.78 is 0. The van der Waals surface area contributed by atoms with Gasteiger partial charge in [0.2, 0.25) is 0 Å². The standard InChI is InChI=1S/C14H23ClN2O/c1-4-7-16-9-12-5-6-13(15)8-14(12)17(3)10-11(2)18/h5-6,8,11,16,18H,4,7,9-10H2,1-3H3. The number of aliphatic hydroxyl groups excluding tert-OH is 1. The smallest absolute Gasteiger partial charge is 0.0686 e. The molecule has 0 radical (unpaired) electrons. The van der Waals surface area contributed by atoms with Gasteiger partial charge in [-0.25, -0.2) is 0 Å². The van der Waals surface area contributed by atoms with Crippen molar-refractivity contribution in [3.8, 4) is 0 Å². The van der Waals surface area contributed by atoms with E-state index in [-0.39, 0.29) is 6.10 Å². The van der Waals surface area contributed by atoms with Gasteiger partial charge >= 0.3 is 0 Å². The van der Waals surface area contributed by atoms with Gasteiger partial charge in [-0.15, -0.1) is 0 Å². The molecule has 0 fully saturated rings.